The number of rotatable bonds is 4. The molecule has 1 aromatic carbocycles. The van der Waals surface area contributed by atoms with Crippen molar-refractivity contribution in [2.75, 3.05) is 5.32 Å². The van der Waals surface area contributed by atoms with E-state index in [4.69, 9.17) is 5.11 Å². The van der Waals surface area contributed by atoms with Gasteiger partial charge in [0.15, 0.2) is 0 Å². The molecule has 4 nitrogen and oxygen atoms in total. The summed E-state index contributed by atoms with van der Waals surface area (Å²) in [6.07, 6.45) is 3.58. The van der Waals surface area contributed by atoms with Crippen LogP contribution in [0.3, 0.4) is 0 Å². The molecule has 1 aromatic rings. The molecule has 1 saturated carbocycles. The molecule has 0 heterocycles. The number of anilines is 1. The van der Waals surface area contributed by atoms with Gasteiger partial charge in [0.2, 0.25) is 5.91 Å². The third-order valence-electron chi connectivity index (χ3n) is 3.77. The zero-order valence-corrected chi connectivity index (χ0v) is 11.9. The summed E-state index contributed by atoms with van der Waals surface area (Å²) in [5.41, 5.74) is 2.62. The minimum absolute atomic E-state index is 0.0585. The lowest BCUT2D eigenvalue weighted by Crippen LogP contribution is -2.16. The van der Waals surface area contributed by atoms with Gasteiger partial charge in [0.1, 0.15) is 0 Å². The standard InChI is InChI=1S/C16H19NO3/c1-10-8-12(6-4-11(10)5-7-14(18)19)17-15(20)13-9-16(13,2)3/h4-8,13H,9H2,1-3H3,(H,17,20)(H,18,19)/b7-5+. The molecule has 0 bridgehead atoms. The second kappa shape index (κ2) is 5.12. The number of aliphatic carboxylic acids is 1. The van der Waals surface area contributed by atoms with Crippen LogP contribution < -0.4 is 5.32 Å². The highest BCUT2D eigenvalue weighted by molar-refractivity contribution is 5.95. The number of hydrogen-bond donors (Lipinski definition) is 2. The first-order valence-electron chi connectivity index (χ1n) is 6.62. The van der Waals surface area contributed by atoms with Crippen molar-refractivity contribution >= 4 is 23.6 Å². The molecule has 0 aromatic heterocycles. The Morgan fingerprint density at radius 2 is 2.05 bits per heavy atom. The maximum absolute atomic E-state index is 12.0. The lowest BCUT2D eigenvalue weighted by Gasteiger charge is -2.09. The van der Waals surface area contributed by atoms with E-state index in [2.05, 4.69) is 19.2 Å². The van der Waals surface area contributed by atoms with Crippen molar-refractivity contribution in [2.45, 2.75) is 27.2 Å². The quantitative estimate of drug-likeness (QED) is 0.828. The van der Waals surface area contributed by atoms with Crippen molar-refractivity contribution < 1.29 is 14.7 Å². The van der Waals surface area contributed by atoms with Crippen LogP contribution in [0.5, 0.6) is 0 Å². The van der Waals surface area contributed by atoms with Crippen LogP contribution >= 0.6 is 0 Å². The molecular formula is C16H19NO3. The van der Waals surface area contributed by atoms with Crippen LogP contribution in [-0.2, 0) is 9.59 Å². The molecule has 106 valence electrons. The Morgan fingerprint density at radius 3 is 2.55 bits per heavy atom. The van der Waals surface area contributed by atoms with Crippen LogP contribution in [0.2, 0.25) is 0 Å². The summed E-state index contributed by atoms with van der Waals surface area (Å²) in [5, 5.41) is 11.5. The Hall–Kier alpha value is -2.10. The number of amides is 1. The number of carboxylic acids is 1. The van der Waals surface area contributed by atoms with Gasteiger partial charge in [0.25, 0.3) is 0 Å². The predicted molar refractivity (Wildman–Crippen MR) is 78.4 cm³/mol. The number of hydrogen-bond acceptors (Lipinski definition) is 2. The van der Waals surface area contributed by atoms with Crippen molar-refractivity contribution in [3.63, 3.8) is 0 Å². The van der Waals surface area contributed by atoms with E-state index in [-0.39, 0.29) is 17.2 Å². The molecule has 1 atom stereocenters. The molecule has 4 heteroatoms. The highest BCUT2D eigenvalue weighted by Gasteiger charge is 2.50. The second-order valence-corrected chi connectivity index (χ2v) is 5.98. The Kier molecular flexibility index (Phi) is 3.66. The number of aryl methyl sites for hydroxylation is 1. The normalized spacial score (nSPS) is 19.9. The minimum Gasteiger partial charge on any atom is -0.478 e. The van der Waals surface area contributed by atoms with Gasteiger partial charge in [0.05, 0.1) is 0 Å². The van der Waals surface area contributed by atoms with E-state index in [9.17, 15) is 9.59 Å². The van der Waals surface area contributed by atoms with Gasteiger partial charge in [-0.3, -0.25) is 4.79 Å². The summed E-state index contributed by atoms with van der Waals surface area (Å²) >= 11 is 0. The highest BCUT2D eigenvalue weighted by Crippen LogP contribution is 2.51. The molecule has 0 spiro atoms. The van der Waals surface area contributed by atoms with Crippen LogP contribution in [0.1, 0.15) is 31.4 Å². The molecular weight excluding hydrogens is 254 g/mol. The van der Waals surface area contributed by atoms with Crippen LogP contribution in [0, 0.1) is 18.3 Å². The third-order valence-corrected chi connectivity index (χ3v) is 3.77. The topological polar surface area (TPSA) is 66.4 Å². The van der Waals surface area contributed by atoms with Crippen molar-refractivity contribution in [1.82, 2.24) is 0 Å². The van der Waals surface area contributed by atoms with Crippen LogP contribution in [0.4, 0.5) is 5.69 Å². The van der Waals surface area contributed by atoms with E-state index in [0.29, 0.717) is 0 Å². The van der Waals surface area contributed by atoms with E-state index in [0.717, 1.165) is 29.3 Å². The molecule has 1 aliphatic rings. The van der Waals surface area contributed by atoms with Gasteiger partial charge in [-0.25, -0.2) is 4.79 Å². The zero-order valence-electron chi connectivity index (χ0n) is 11.9. The molecule has 0 saturated heterocycles. The number of nitrogens with one attached hydrogen (secondary N) is 1. The monoisotopic (exact) mass is 273 g/mol. The fourth-order valence-corrected chi connectivity index (χ4v) is 2.25. The molecule has 0 aliphatic heterocycles. The van der Waals surface area contributed by atoms with Gasteiger partial charge < -0.3 is 10.4 Å². The summed E-state index contributed by atoms with van der Waals surface area (Å²) in [6.45, 7) is 6.06. The van der Waals surface area contributed by atoms with E-state index < -0.39 is 5.97 Å². The summed E-state index contributed by atoms with van der Waals surface area (Å²) in [5.74, 6) is -0.824. The van der Waals surface area contributed by atoms with E-state index in [1.807, 2.05) is 19.1 Å². The van der Waals surface area contributed by atoms with Crippen molar-refractivity contribution in [1.29, 1.82) is 0 Å². The number of carbonyl (C=O) groups excluding carboxylic acids is 1. The van der Waals surface area contributed by atoms with Crippen LogP contribution in [0.15, 0.2) is 24.3 Å². The van der Waals surface area contributed by atoms with Crippen LogP contribution in [-0.4, -0.2) is 17.0 Å². The second-order valence-electron chi connectivity index (χ2n) is 5.98. The molecule has 2 rings (SSSR count). The Balaban J connectivity index is 2.06. The SMILES string of the molecule is Cc1cc(NC(=O)C2CC2(C)C)ccc1/C=C/C(=O)O. The minimum atomic E-state index is -0.974. The molecule has 2 N–H and O–H groups in total. The lowest BCUT2D eigenvalue weighted by molar-refractivity contribution is -0.131. The molecule has 20 heavy (non-hydrogen) atoms. The van der Waals surface area contributed by atoms with Gasteiger partial charge in [0, 0.05) is 17.7 Å². The fourth-order valence-electron chi connectivity index (χ4n) is 2.25. The zero-order chi connectivity index (χ0) is 14.9. The summed E-state index contributed by atoms with van der Waals surface area (Å²) in [6, 6.07) is 5.46. The molecule has 1 aliphatic carbocycles. The first-order chi connectivity index (χ1) is 9.29. The van der Waals surface area contributed by atoms with E-state index in [1.165, 1.54) is 0 Å². The predicted octanol–water partition coefficient (Wildman–Crippen LogP) is 3.08. The van der Waals surface area contributed by atoms with Gasteiger partial charge in [-0.05, 0) is 48.1 Å². The van der Waals surface area contributed by atoms with E-state index >= 15 is 0 Å². The van der Waals surface area contributed by atoms with Crippen molar-refractivity contribution in [3.8, 4) is 0 Å². The third kappa shape index (κ3) is 3.26. The smallest absolute Gasteiger partial charge is 0.328 e. The highest BCUT2D eigenvalue weighted by atomic mass is 16.4. The fraction of sp³-hybridized carbons (Fsp3) is 0.375. The maximum Gasteiger partial charge on any atom is 0.328 e. The molecule has 1 fully saturated rings. The van der Waals surface area contributed by atoms with Gasteiger partial charge >= 0.3 is 5.97 Å². The average molecular weight is 273 g/mol. The van der Waals surface area contributed by atoms with Crippen molar-refractivity contribution in [2.24, 2.45) is 11.3 Å². The Bertz CT molecular complexity index is 587. The first-order valence-corrected chi connectivity index (χ1v) is 6.62. The number of carbonyl (C=O) groups is 2. The van der Waals surface area contributed by atoms with E-state index in [1.54, 1.807) is 12.1 Å². The largest absolute Gasteiger partial charge is 0.478 e. The Labute approximate surface area is 118 Å². The summed E-state index contributed by atoms with van der Waals surface area (Å²) < 4.78 is 0. The Morgan fingerprint density at radius 1 is 1.40 bits per heavy atom. The summed E-state index contributed by atoms with van der Waals surface area (Å²) in [7, 11) is 0. The average Bonchev–Trinajstić information content (AvgIpc) is 2.97. The molecule has 0 radical (unpaired) electrons. The first kappa shape index (κ1) is 14.3. The maximum atomic E-state index is 12.0. The summed E-state index contributed by atoms with van der Waals surface area (Å²) in [4.78, 5) is 22.5. The molecule has 1 amide bonds. The van der Waals surface area contributed by atoms with Gasteiger partial charge in [-0.2, -0.15) is 0 Å². The lowest BCUT2D eigenvalue weighted by atomic mass is 10.1. The van der Waals surface area contributed by atoms with Gasteiger partial charge in [-0.15, -0.1) is 0 Å². The van der Waals surface area contributed by atoms with Crippen molar-refractivity contribution in [3.05, 3.63) is 35.4 Å². The molecule has 1 unspecified atom stereocenters. The number of carboxylic acid groups (broad SMARTS) is 1. The van der Waals surface area contributed by atoms with Crippen LogP contribution in [0.25, 0.3) is 6.08 Å². The van der Waals surface area contributed by atoms with Gasteiger partial charge in [-0.1, -0.05) is 19.9 Å². The number of benzene rings is 1.